The predicted octanol–water partition coefficient (Wildman–Crippen LogP) is 0.805. The fourth-order valence-electron chi connectivity index (χ4n) is 2.38. The van der Waals surface area contributed by atoms with Crippen molar-refractivity contribution in [3.8, 4) is 0 Å². The molecule has 0 saturated carbocycles. The second-order valence-corrected chi connectivity index (χ2v) is 7.33. The summed E-state index contributed by atoms with van der Waals surface area (Å²) in [5.41, 5.74) is -0.450. The monoisotopic (exact) mass is 236 g/mol. The lowest BCUT2D eigenvalue weighted by Gasteiger charge is -2.24. The highest BCUT2D eigenvalue weighted by Gasteiger charge is 2.58. The highest BCUT2D eigenvalue weighted by molar-refractivity contribution is 7.60. The Morgan fingerprint density at radius 2 is 2.20 bits per heavy atom. The summed E-state index contributed by atoms with van der Waals surface area (Å²) in [6.45, 7) is 3.45. The van der Waals surface area contributed by atoms with Crippen molar-refractivity contribution >= 4 is 7.37 Å². The van der Waals surface area contributed by atoms with Crippen molar-refractivity contribution in [3.63, 3.8) is 0 Å². The molecule has 0 bridgehead atoms. The maximum Gasteiger partial charge on any atom is 0.213 e. The summed E-state index contributed by atoms with van der Waals surface area (Å²) < 4.78 is 28.5. The van der Waals surface area contributed by atoms with E-state index in [0.29, 0.717) is 6.16 Å². The molecule has 4 atom stereocenters. The van der Waals surface area contributed by atoms with Crippen LogP contribution in [-0.4, -0.2) is 48.6 Å². The van der Waals surface area contributed by atoms with Crippen LogP contribution in [0.15, 0.2) is 0 Å². The van der Waals surface area contributed by atoms with Crippen molar-refractivity contribution in [1.82, 2.24) is 0 Å². The van der Waals surface area contributed by atoms with Gasteiger partial charge in [-0.3, -0.25) is 4.57 Å². The average molecular weight is 236 g/mol. The Balaban J connectivity index is 2.22. The molecule has 6 heteroatoms. The van der Waals surface area contributed by atoms with Gasteiger partial charge in [0.1, 0.15) is 6.10 Å². The molecule has 2 heterocycles. The standard InChI is InChI=1S/C9H17O5P/c1-9(2)13-6-5-15(11,12-3)7(4-10)8(6)14-9/h6-8,10H,4-5H2,1-3H3/t6-,7+,8-,15+/m1/s1. The third kappa shape index (κ3) is 1.77. The van der Waals surface area contributed by atoms with Crippen molar-refractivity contribution < 1.29 is 23.7 Å². The number of aliphatic hydroxyl groups excluding tert-OH is 1. The van der Waals surface area contributed by atoms with Crippen LogP contribution >= 0.6 is 7.37 Å². The van der Waals surface area contributed by atoms with Gasteiger partial charge >= 0.3 is 0 Å². The van der Waals surface area contributed by atoms with Crippen LogP contribution in [0.3, 0.4) is 0 Å². The van der Waals surface area contributed by atoms with E-state index in [2.05, 4.69) is 0 Å². The van der Waals surface area contributed by atoms with Crippen LogP contribution in [0, 0.1) is 0 Å². The predicted molar refractivity (Wildman–Crippen MR) is 54.2 cm³/mol. The van der Waals surface area contributed by atoms with Gasteiger partial charge < -0.3 is 19.1 Å². The fourth-order valence-corrected chi connectivity index (χ4v) is 4.80. The maximum absolute atomic E-state index is 12.2. The minimum absolute atomic E-state index is 0.189. The lowest BCUT2D eigenvalue weighted by Crippen LogP contribution is -2.31. The van der Waals surface area contributed by atoms with E-state index in [0.717, 1.165) is 0 Å². The first kappa shape index (κ1) is 11.6. The van der Waals surface area contributed by atoms with Crippen LogP contribution in [0.4, 0.5) is 0 Å². The quantitative estimate of drug-likeness (QED) is 0.718. The van der Waals surface area contributed by atoms with Crippen molar-refractivity contribution in [2.75, 3.05) is 19.9 Å². The Hall–Kier alpha value is 0.0700. The molecule has 0 aromatic heterocycles. The summed E-state index contributed by atoms with van der Waals surface area (Å²) in [6.07, 6.45) is -0.193. The summed E-state index contributed by atoms with van der Waals surface area (Å²) >= 11 is 0. The molecule has 0 spiro atoms. The second-order valence-electron chi connectivity index (χ2n) is 4.48. The minimum Gasteiger partial charge on any atom is -0.395 e. The van der Waals surface area contributed by atoms with Gasteiger partial charge in [0.25, 0.3) is 0 Å². The highest BCUT2D eigenvalue weighted by Crippen LogP contribution is 2.61. The van der Waals surface area contributed by atoms with Gasteiger partial charge in [-0.1, -0.05) is 0 Å². The molecule has 5 nitrogen and oxygen atoms in total. The Morgan fingerprint density at radius 3 is 2.73 bits per heavy atom. The number of ether oxygens (including phenoxy) is 2. The number of fused-ring (bicyclic) bond motifs is 1. The largest absolute Gasteiger partial charge is 0.395 e. The van der Waals surface area contributed by atoms with Gasteiger partial charge in [0, 0.05) is 7.11 Å². The summed E-state index contributed by atoms with van der Waals surface area (Å²) in [5, 5.41) is 9.26. The van der Waals surface area contributed by atoms with E-state index < -0.39 is 18.8 Å². The molecule has 0 radical (unpaired) electrons. The molecule has 2 aliphatic heterocycles. The molecule has 2 fully saturated rings. The Bertz CT molecular complexity index is 303. The molecule has 2 aliphatic rings. The van der Waals surface area contributed by atoms with Crippen LogP contribution in [0.5, 0.6) is 0 Å². The Labute approximate surface area is 89.2 Å². The minimum atomic E-state index is -2.79. The number of rotatable bonds is 2. The van der Waals surface area contributed by atoms with Crippen molar-refractivity contribution in [2.45, 2.75) is 37.5 Å². The van der Waals surface area contributed by atoms with E-state index >= 15 is 0 Å². The van der Waals surface area contributed by atoms with Crippen molar-refractivity contribution in [2.24, 2.45) is 0 Å². The summed E-state index contributed by atoms with van der Waals surface area (Å²) in [5.74, 6) is -0.651. The Kier molecular flexibility index (Phi) is 2.72. The number of aliphatic hydroxyl groups is 1. The molecular weight excluding hydrogens is 219 g/mol. The van der Waals surface area contributed by atoms with Gasteiger partial charge in [-0.25, -0.2) is 0 Å². The van der Waals surface area contributed by atoms with Gasteiger partial charge in [-0.15, -0.1) is 0 Å². The smallest absolute Gasteiger partial charge is 0.213 e. The van der Waals surface area contributed by atoms with Crippen LogP contribution in [0.1, 0.15) is 13.8 Å². The molecule has 0 unspecified atom stereocenters. The van der Waals surface area contributed by atoms with Crippen LogP contribution in [0.25, 0.3) is 0 Å². The first-order valence-electron chi connectivity index (χ1n) is 5.03. The second kappa shape index (κ2) is 3.54. The van der Waals surface area contributed by atoms with Gasteiger partial charge in [0.15, 0.2) is 5.79 Å². The summed E-state index contributed by atoms with van der Waals surface area (Å²) in [7, 11) is -1.38. The van der Waals surface area contributed by atoms with Gasteiger partial charge in [0.05, 0.1) is 24.5 Å². The number of hydrogen-bond acceptors (Lipinski definition) is 5. The summed E-state index contributed by atoms with van der Waals surface area (Å²) in [6, 6.07) is 0. The van der Waals surface area contributed by atoms with Gasteiger partial charge in [-0.05, 0) is 13.8 Å². The Morgan fingerprint density at radius 1 is 1.53 bits per heavy atom. The normalized spacial score (nSPS) is 48.1. The zero-order chi connectivity index (χ0) is 11.3. The van der Waals surface area contributed by atoms with Crippen molar-refractivity contribution in [1.29, 1.82) is 0 Å². The fraction of sp³-hybridized carbons (Fsp3) is 1.00. The third-order valence-electron chi connectivity index (χ3n) is 3.04. The molecule has 2 rings (SSSR count). The molecule has 2 saturated heterocycles. The molecule has 1 N–H and O–H groups in total. The zero-order valence-corrected chi connectivity index (χ0v) is 10.1. The van der Waals surface area contributed by atoms with Gasteiger partial charge in [-0.2, -0.15) is 0 Å². The van der Waals surface area contributed by atoms with Crippen LogP contribution in [0.2, 0.25) is 0 Å². The van der Waals surface area contributed by atoms with Crippen LogP contribution < -0.4 is 0 Å². The van der Waals surface area contributed by atoms with Gasteiger partial charge in [0.2, 0.25) is 7.37 Å². The highest BCUT2D eigenvalue weighted by atomic mass is 31.2. The first-order chi connectivity index (χ1) is 6.92. The lowest BCUT2D eigenvalue weighted by molar-refractivity contribution is -0.147. The average Bonchev–Trinajstić information content (AvgIpc) is 2.53. The maximum atomic E-state index is 12.2. The topological polar surface area (TPSA) is 65.0 Å². The first-order valence-corrected chi connectivity index (χ1v) is 6.91. The molecule has 15 heavy (non-hydrogen) atoms. The van der Waals surface area contributed by atoms with E-state index in [-0.39, 0.29) is 18.8 Å². The van der Waals surface area contributed by atoms with Crippen molar-refractivity contribution in [3.05, 3.63) is 0 Å². The molecular formula is C9H17O5P. The van der Waals surface area contributed by atoms with Crippen LogP contribution in [-0.2, 0) is 18.6 Å². The third-order valence-corrected chi connectivity index (χ3v) is 5.99. The van der Waals surface area contributed by atoms with E-state index in [4.69, 9.17) is 14.0 Å². The van der Waals surface area contributed by atoms with E-state index in [9.17, 15) is 9.67 Å². The summed E-state index contributed by atoms with van der Waals surface area (Å²) in [4.78, 5) is 0. The van der Waals surface area contributed by atoms with E-state index in [1.54, 1.807) is 0 Å². The zero-order valence-electron chi connectivity index (χ0n) is 9.17. The lowest BCUT2D eigenvalue weighted by atomic mass is 10.2. The van der Waals surface area contributed by atoms with E-state index in [1.165, 1.54) is 7.11 Å². The molecule has 0 aromatic carbocycles. The van der Waals surface area contributed by atoms with E-state index in [1.807, 2.05) is 13.8 Å². The molecule has 0 aromatic rings. The SMILES string of the molecule is CO[P@@]1(=O)C[C@H]2OC(C)(C)O[C@H]2[C@@H]1CO. The molecule has 88 valence electrons. The molecule has 0 amide bonds. The molecule has 0 aliphatic carbocycles. The number of hydrogen-bond donors (Lipinski definition) is 1.